The van der Waals surface area contributed by atoms with E-state index in [9.17, 15) is 32.3 Å². The fourth-order valence-corrected chi connectivity index (χ4v) is 8.70. The van der Waals surface area contributed by atoms with Crippen molar-refractivity contribution in [1.29, 1.82) is 0 Å². The number of rotatable bonds is 5. The number of fused-ring (bicyclic) bond motifs is 2. The Balaban J connectivity index is 1.44. The van der Waals surface area contributed by atoms with Crippen LogP contribution in [0.2, 0.25) is 0 Å². The molecule has 0 aliphatic carbocycles. The van der Waals surface area contributed by atoms with Gasteiger partial charge in [-0.2, -0.15) is 13.2 Å². The fraction of sp³-hybridized carbons (Fsp3) is 0.200. The normalized spacial score (nSPS) is 19.7. The number of nitrogens with zero attached hydrogens (tertiary/aromatic N) is 2. The van der Waals surface area contributed by atoms with Crippen molar-refractivity contribution < 1.29 is 27.6 Å². The third-order valence-electron chi connectivity index (χ3n) is 7.43. The first kappa shape index (κ1) is 29.4. The van der Waals surface area contributed by atoms with Gasteiger partial charge in [-0.25, -0.2) is 4.90 Å². The second-order valence-corrected chi connectivity index (χ2v) is 13.1. The van der Waals surface area contributed by atoms with Crippen molar-refractivity contribution >= 4 is 68.1 Å². The molecule has 0 saturated carbocycles. The van der Waals surface area contributed by atoms with Crippen molar-refractivity contribution in [2.24, 2.45) is 5.92 Å². The number of aryl methyl sites for hydroxylation is 1. The van der Waals surface area contributed by atoms with Gasteiger partial charge in [0.15, 0.2) is 0 Å². The molecule has 6 rings (SSSR count). The highest BCUT2D eigenvalue weighted by Gasteiger charge is 2.57. The molecule has 0 spiro atoms. The molecule has 220 valence electrons. The van der Waals surface area contributed by atoms with Gasteiger partial charge in [0.05, 0.1) is 22.2 Å². The topological polar surface area (TPSA) is 88.5 Å². The van der Waals surface area contributed by atoms with E-state index in [-0.39, 0.29) is 6.54 Å². The van der Waals surface area contributed by atoms with Gasteiger partial charge in [-0.15, -0.1) is 0 Å². The minimum atomic E-state index is -4.80. The number of carbonyl (C=O) groups is 3. The highest BCUT2D eigenvalue weighted by Crippen LogP contribution is 2.54. The van der Waals surface area contributed by atoms with Crippen LogP contribution < -0.4 is 15.1 Å². The van der Waals surface area contributed by atoms with Gasteiger partial charge in [0.2, 0.25) is 17.7 Å². The molecule has 0 bridgehead atoms. The number of thiazole rings is 1. The molecule has 1 saturated heterocycles. The molecular weight excluding hydrogens is 667 g/mol. The Bertz CT molecular complexity index is 1850. The zero-order valence-electron chi connectivity index (χ0n) is 22.2. The number of hydrogen-bond donors (Lipinski definition) is 1. The van der Waals surface area contributed by atoms with Crippen molar-refractivity contribution in [2.75, 3.05) is 10.2 Å². The second kappa shape index (κ2) is 11.1. The largest absolute Gasteiger partial charge is 0.418 e. The number of imide groups is 1. The third kappa shape index (κ3) is 5.23. The average molecular weight is 689 g/mol. The predicted octanol–water partition coefficient (Wildman–Crippen LogP) is 6.43. The molecular formula is C30H21BrF3N3O4S2. The highest BCUT2D eigenvalue weighted by atomic mass is 79.9. The van der Waals surface area contributed by atoms with Gasteiger partial charge >= 0.3 is 11.0 Å². The van der Waals surface area contributed by atoms with Crippen LogP contribution in [0.25, 0.3) is 0 Å². The summed E-state index contributed by atoms with van der Waals surface area (Å²) in [7, 11) is 0. The molecule has 43 heavy (non-hydrogen) atoms. The van der Waals surface area contributed by atoms with E-state index in [1.54, 1.807) is 36.4 Å². The Morgan fingerprint density at radius 3 is 2.42 bits per heavy atom. The maximum absolute atomic E-state index is 14.0. The summed E-state index contributed by atoms with van der Waals surface area (Å²) >= 11 is 5.23. The van der Waals surface area contributed by atoms with Gasteiger partial charge in [-0.3, -0.25) is 23.7 Å². The molecule has 3 heterocycles. The van der Waals surface area contributed by atoms with Crippen LogP contribution in [-0.4, -0.2) is 27.5 Å². The molecule has 7 nitrogen and oxygen atoms in total. The monoisotopic (exact) mass is 687 g/mol. The molecule has 3 amide bonds. The van der Waals surface area contributed by atoms with E-state index in [4.69, 9.17) is 0 Å². The summed E-state index contributed by atoms with van der Waals surface area (Å²) in [5, 5.41) is 2.02. The number of aromatic nitrogens is 1. The summed E-state index contributed by atoms with van der Waals surface area (Å²) in [6.07, 6.45) is -4.80. The fourth-order valence-electron chi connectivity index (χ4n) is 5.51. The van der Waals surface area contributed by atoms with Crippen LogP contribution >= 0.6 is 39.0 Å². The number of nitrogens with one attached hydrogen (secondary N) is 1. The number of carbonyl (C=O) groups excluding carboxylic acids is 3. The van der Waals surface area contributed by atoms with Crippen LogP contribution in [-0.2, 0) is 27.1 Å². The minimum absolute atomic E-state index is 0.341. The van der Waals surface area contributed by atoms with Crippen molar-refractivity contribution in [3.63, 3.8) is 0 Å². The maximum atomic E-state index is 14.0. The van der Waals surface area contributed by atoms with Gasteiger partial charge in [0.25, 0.3) is 0 Å². The van der Waals surface area contributed by atoms with E-state index in [0.29, 0.717) is 30.5 Å². The number of benzene rings is 3. The Hall–Kier alpha value is -3.68. The number of anilines is 2. The molecule has 2 aliphatic rings. The van der Waals surface area contributed by atoms with Crippen LogP contribution in [0.1, 0.15) is 27.5 Å². The van der Waals surface area contributed by atoms with Crippen molar-refractivity contribution in [3.05, 3.63) is 109 Å². The van der Waals surface area contributed by atoms with Crippen LogP contribution in [0.4, 0.5) is 24.5 Å². The van der Waals surface area contributed by atoms with Crippen molar-refractivity contribution in [3.8, 4) is 0 Å². The van der Waals surface area contributed by atoms with Gasteiger partial charge in [-0.05, 0) is 48.4 Å². The standard InChI is InChI=1S/C30H21BrF3N3O4S2/c1-15-7-2-4-11-19(15)35-21(38)14-36-28-25(43-29(36)41)22(16-8-6-9-17(31)13-16)23-24(42-28)27(40)37(26(23)39)20-12-5-3-10-18(20)30(32,33)34/h2-13,22-24H,14H2,1H3,(H,35,38)/t22-,23-,24+/m0/s1. The Morgan fingerprint density at radius 2 is 1.70 bits per heavy atom. The zero-order chi connectivity index (χ0) is 30.6. The SMILES string of the molecule is Cc1ccccc1NC(=O)Cn1c2c(sc1=O)[C@@H](c1cccc(Br)c1)[C@@H]1C(=O)N(c3ccccc3C(F)(F)F)C(=O)[C@@H]1S2. The number of amides is 3. The molecule has 0 radical (unpaired) electrons. The lowest BCUT2D eigenvalue weighted by molar-refractivity contribution is -0.137. The van der Waals surface area contributed by atoms with Crippen molar-refractivity contribution in [1.82, 2.24) is 4.57 Å². The van der Waals surface area contributed by atoms with E-state index in [1.165, 1.54) is 16.7 Å². The van der Waals surface area contributed by atoms with Crippen LogP contribution in [0.15, 0.2) is 87.1 Å². The molecule has 3 atom stereocenters. The Morgan fingerprint density at radius 1 is 0.977 bits per heavy atom. The number of halogens is 4. The van der Waals surface area contributed by atoms with Crippen LogP contribution in [0.3, 0.4) is 0 Å². The summed E-state index contributed by atoms with van der Waals surface area (Å²) in [6.45, 7) is 1.48. The van der Waals surface area contributed by atoms with Crippen LogP contribution in [0.5, 0.6) is 0 Å². The molecule has 13 heteroatoms. The lowest BCUT2D eigenvalue weighted by Gasteiger charge is -2.30. The first-order valence-electron chi connectivity index (χ1n) is 13.0. The first-order valence-corrected chi connectivity index (χ1v) is 15.5. The van der Waals surface area contributed by atoms with Gasteiger partial charge in [-0.1, -0.05) is 81.5 Å². The van der Waals surface area contributed by atoms with E-state index >= 15 is 0 Å². The van der Waals surface area contributed by atoms with E-state index in [1.807, 2.05) is 19.1 Å². The maximum Gasteiger partial charge on any atom is 0.418 e. The van der Waals surface area contributed by atoms with E-state index < -0.39 is 57.1 Å². The quantitative estimate of drug-likeness (QED) is 0.244. The number of para-hydroxylation sites is 2. The predicted molar refractivity (Wildman–Crippen MR) is 161 cm³/mol. The second-order valence-electron chi connectivity index (χ2n) is 10.1. The first-order chi connectivity index (χ1) is 20.5. The van der Waals surface area contributed by atoms with E-state index in [2.05, 4.69) is 21.2 Å². The highest BCUT2D eigenvalue weighted by molar-refractivity contribution is 9.10. The summed E-state index contributed by atoms with van der Waals surface area (Å²) in [5.41, 5.74) is 0.387. The van der Waals surface area contributed by atoms with Crippen LogP contribution in [0, 0.1) is 12.8 Å². The molecule has 0 unspecified atom stereocenters. The van der Waals surface area contributed by atoms with Crippen molar-refractivity contribution in [2.45, 2.75) is 35.8 Å². The summed E-state index contributed by atoms with van der Waals surface area (Å²) in [5.74, 6) is -3.94. The molecule has 3 aromatic carbocycles. The lowest BCUT2D eigenvalue weighted by Crippen LogP contribution is -2.33. The van der Waals surface area contributed by atoms with Gasteiger partial charge < -0.3 is 5.32 Å². The molecule has 1 N–H and O–H groups in total. The molecule has 1 aromatic heterocycles. The number of alkyl halides is 3. The summed E-state index contributed by atoms with van der Waals surface area (Å²) in [6, 6.07) is 18.7. The minimum Gasteiger partial charge on any atom is -0.324 e. The van der Waals surface area contributed by atoms with Gasteiger partial charge in [0, 0.05) is 21.0 Å². The Labute approximate surface area is 259 Å². The third-order valence-corrected chi connectivity index (χ3v) is 10.5. The average Bonchev–Trinajstić information content (AvgIpc) is 3.39. The molecule has 1 fully saturated rings. The Kier molecular flexibility index (Phi) is 7.59. The zero-order valence-corrected chi connectivity index (χ0v) is 25.4. The van der Waals surface area contributed by atoms with E-state index in [0.717, 1.165) is 40.8 Å². The number of hydrogen-bond acceptors (Lipinski definition) is 6. The number of thioether (sulfide) groups is 1. The summed E-state index contributed by atoms with van der Waals surface area (Å²) in [4.78, 5) is 54.8. The summed E-state index contributed by atoms with van der Waals surface area (Å²) < 4.78 is 43.8. The molecule has 2 aliphatic heterocycles. The smallest absolute Gasteiger partial charge is 0.324 e. The lowest BCUT2D eigenvalue weighted by atomic mass is 9.83. The van der Waals surface area contributed by atoms with Gasteiger partial charge in [0.1, 0.15) is 11.8 Å². The molecule has 4 aromatic rings.